The first-order valence-corrected chi connectivity index (χ1v) is 12.4. The van der Waals surface area contributed by atoms with Gasteiger partial charge < -0.3 is 18.9 Å². The van der Waals surface area contributed by atoms with Crippen LogP contribution in [0.2, 0.25) is 0 Å². The van der Waals surface area contributed by atoms with E-state index in [2.05, 4.69) is 34.5 Å². The minimum absolute atomic E-state index is 0.0934. The fourth-order valence-electron chi connectivity index (χ4n) is 3.73. The van der Waals surface area contributed by atoms with E-state index >= 15 is 0 Å². The quantitative estimate of drug-likeness (QED) is 0.167. The highest BCUT2D eigenvalue weighted by Crippen LogP contribution is 2.33. The molecular formula is C28H29BrF2O5. The lowest BCUT2D eigenvalue weighted by molar-refractivity contribution is -0.145. The summed E-state index contributed by atoms with van der Waals surface area (Å²) in [6.45, 7) is 6.17. The molecule has 0 saturated carbocycles. The van der Waals surface area contributed by atoms with Crippen molar-refractivity contribution < 1.29 is 32.5 Å². The zero-order valence-electron chi connectivity index (χ0n) is 20.4. The first kappa shape index (κ1) is 27.5. The van der Waals surface area contributed by atoms with Crippen LogP contribution >= 0.6 is 15.9 Å². The molecule has 0 aromatic heterocycles. The third-order valence-electron chi connectivity index (χ3n) is 5.42. The molecule has 0 aliphatic rings. The molecule has 3 aromatic rings. The minimum Gasteiger partial charge on any atom is -0.482 e. The van der Waals surface area contributed by atoms with Crippen molar-refractivity contribution in [3.05, 3.63) is 83.9 Å². The van der Waals surface area contributed by atoms with Gasteiger partial charge in [0.05, 0.1) is 6.61 Å². The number of carbonyl (C=O) groups excluding carboxylic acids is 1. The number of ether oxygens (including phenoxy) is 4. The molecule has 0 saturated heterocycles. The first-order valence-electron chi connectivity index (χ1n) is 11.6. The van der Waals surface area contributed by atoms with Crippen LogP contribution in [0.3, 0.4) is 0 Å². The lowest BCUT2D eigenvalue weighted by Crippen LogP contribution is -2.15. The van der Waals surface area contributed by atoms with Gasteiger partial charge in [-0.25, -0.2) is 4.79 Å². The van der Waals surface area contributed by atoms with E-state index in [4.69, 9.17) is 14.2 Å². The number of benzene rings is 3. The van der Waals surface area contributed by atoms with Crippen molar-refractivity contribution in [2.24, 2.45) is 5.92 Å². The van der Waals surface area contributed by atoms with Crippen LogP contribution < -0.4 is 14.2 Å². The standard InChI is InChI=1S/C28H29BrF2O5/c1-4-33-27(32)18-34-22-12-14-23(15-13-22)35-25-7-5-6-20(16-25)17-26(19(2)3)21-8-10-24(11-9-21)36-28(29,30)31/h5-16,19,26H,4,17-18H2,1-3H3. The predicted molar refractivity (Wildman–Crippen MR) is 137 cm³/mol. The van der Waals surface area contributed by atoms with Gasteiger partial charge >= 0.3 is 11.0 Å². The lowest BCUT2D eigenvalue weighted by atomic mass is 9.83. The minimum atomic E-state index is -3.40. The number of hydrogen-bond donors (Lipinski definition) is 0. The summed E-state index contributed by atoms with van der Waals surface area (Å²) in [7, 11) is 0. The largest absolute Gasteiger partial charge is 0.482 e. The van der Waals surface area contributed by atoms with E-state index in [1.54, 1.807) is 43.3 Å². The first-order chi connectivity index (χ1) is 17.1. The van der Waals surface area contributed by atoms with Crippen LogP contribution in [0.5, 0.6) is 23.0 Å². The second-order valence-electron chi connectivity index (χ2n) is 8.49. The van der Waals surface area contributed by atoms with E-state index in [1.807, 2.05) is 36.4 Å². The van der Waals surface area contributed by atoms with Crippen molar-refractivity contribution in [2.75, 3.05) is 13.2 Å². The van der Waals surface area contributed by atoms with E-state index in [0.717, 1.165) is 17.5 Å². The molecule has 0 fully saturated rings. The summed E-state index contributed by atoms with van der Waals surface area (Å²) in [5.41, 5.74) is 2.13. The number of halogens is 3. The van der Waals surface area contributed by atoms with Gasteiger partial charge in [-0.1, -0.05) is 38.1 Å². The van der Waals surface area contributed by atoms with E-state index in [9.17, 15) is 13.6 Å². The van der Waals surface area contributed by atoms with Crippen LogP contribution in [-0.2, 0) is 16.0 Å². The third-order valence-corrected chi connectivity index (χ3v) is 5.58. The molecule has 192 valence electrons. The summed E-state index contributed by atoms with van der Waals surface area (Å²) < 4.78 is 46.9. The van der Waals surface area contributed by atoms with Crippen molar-refractivity contribution in [1.82, 2.24) is 0 Å². The zero-order valence-corrected chi connectivity index (χ0v) is 22.0. The van der Waals surface area contributed by atoms with Gasteiger partial charge in [-0.05, 0) is 84.8 Å². The smallest absolute Gasteiger partial charge is 0.459 e. The Morgan fingerprint density at radius 2 is 1.56 bits per heavy atom. The molecule has 3 rings (SSSR count). The molecule has 1 atom stereocenters. The van der Waals surface area contributed by atoms with E-state index in [0.29, 0.717) is 29.8 Å². The predicted octanol–water partition coefficient (Wildman–Crippen LogP) is 7.73. The maximum absolute atomic E-state index is 13.0. The maximum Gasteiger partial charge on any atom is 0.459 e. The van der Waals surface area contributed by atoms with Crippen LogP contribution in [0, 0.1) is 5.92 Å². The van der Waals surface area contributed by atoms with Gasteiger partial charge in [-0.2, -0.15) is 8.78 Å². The van der Waals surface area contributed by atoms with Crippen LogP contribution in [0.1, 0.15) is 37.8 Å². The second kappa shape index (κ2) is 12.7. The van der Waals surface area contributed by atoms with Gasteiger partial charge in [0, 0.05) is 15.9 Å². The van der Waals surface area contributed by atoms with Crippen molar-refractivity contribution in [3.8, 4) is 23.0 Å². The summed E-state index contributed by atoms with van der Waals surface area (Å²) in [6, 6.07) is 21.6. The van der Waals surface area contributed by atoms with Crippen molar-refractivity contribution in [3.63, 3.8) is 0 Å². The third kappa shape index (κ3) is 8.82. The highest BCUT2D eigenvalue weighted by molar-refractivity contribution is 9.09. The molecule has 0 bridgehead atoms. The van der Waals surface area contributed by atoms with Crippen molar-refractivity contribution in [1.29, 1.82) is 0 Å². The molecule has 0 spiro atoms. The summed E-state index contributed by atoms with van der Waals surface area (Å²) in [5, 5.41) is -3.40. The van der Waals surface area contributed by atoms with E-state index in [-0.39, 0.29) is 18.3 Å². The molecule has 3 aromatic carbocycles. The second-order valence-corrected chi connectivity index (χ2v) is 9.41. The average Bonchev–Trinajstić information content (AvgIpc) is 2.82. The molecule has 0 aliphatic heterocycles. The Hall–Kier alpha value is -3.13. The van der Waals surface area contributed by atoms with Crippen molar-refractivity contribution in [2.45, 2.75) is 38.1 Å². The van der Waals surface area contributed by atoms with Crippen LogP contribution in [0.15, 0.2) is 72.8 Å². The Bertz CT molecular complexity index is 1110. The van der Waals surface area contributed by atoms with Gasteiger partial charge in [0.15, 0.2) is 6.61 Å². The summed E-state index contributed by atoms with van der Waals surface area (Å²) in [6.07, 6.45) is 0.754. The molecule has 0 amide bonds. The monoisotopic (exact) mass is 562 g/mol. The van der Waals surface area contributed by atoms with E-state index < -0.39 is 11.0 Å². The Labute approximate surface area is 218 Å². The fraction of sp³-hybridized carbons (Fsp3) is 0.321. The number of alkyl halides is 3. The average molecular weight is 563 g/mol. The molecule has 0 aliphatic carbocycles. The highest BCUT2D eigenvalue weighted by atomic mass is 79.9. The summed E-state index contributed by atoms with van der Waals surface area (Å²) in [5.74, 6) is 2.04. The van der Waals surface area contributed by atoms with Gasteiger partial charge in [-0.15, -0.1) is 0 Å². The Morgan fingerprint density at radius 1 is 0.917 bits per heavy atom. The Morgan fingerprint density at radius 3 is 2.17 bits per heavy atom. The fourth-order valence-corrected chi connectivity index (χ4v) is 3.92. The maximum atomic E-state index is 13.0. The van der Waals surface area contributed by atoms with Gasteiger partial charge in [-0.3, -0.25) is 0 Å². The van der Waals surface area contributed by atoms with Crippen molar-refractivity contribution >= 4 is 21.9 Å². The number of hydrogen-bond acceptors (Lipinski definition) is 5. The van der Waals surface area contributed by atoms with Gasteiger partial charge in [0.2, 0.25) is 0 Å². The zero-order chi connectivity index (χ0) is 26.1. The topological polar surface area (TPSA) is 54.0 Å². The Kier molecular flexibility index (Phi) is 9.70. The van der Waals surface area contributed by atoms with Gasteiger partial charge in [0.1, 0.15) is 23.0 Å². The lowest BCUT2D eigenvalue weighted by Gasteiger charge is -2.22. The molecule has 0 radical (unpaired) electrons. The molecule has 0 heterocycles. The molecule has 36 heavy (non-hydrogen) atoms. The van der Waals surface area contributed by atoms with Crippen LogP contribution in [0.4, 0.5) is 8.78 Å². The normalized spacial score (nSPS) is 12.2. The summed E-state index contributed by atoms with van der Waals surface area (Å²) in [4.78, 5) is 11.4. The number of esters is 1. The Balaban J connectivity index is 1.64. The SMILES string of the molecule is CCOC(=O)COc1ccc(Oc2cccc(CC(c3ccc(OC(F)(F)Br)cc3)C(C)C)c2)cc1. The van der Waals surface area contributed by atoms with Gasteiger partial charge in [0.25, 0.3) is 0 Å². The molecule has 8 heteroatoms. The van der Waals surface area contributed by atoms with Crippen LogP contribution in [0.25, 0.3) is 0 Å². The summed E-state index contributed by atoms with van der Waals surface area (Å²) >= 11 is 2.19. The number of rotatable bonds is 12. The molecular weight excluding hydrogens is 534 g/mol. The number of carbonyl (C=O) groups is 1. The van der Waals surface area contributed by atoms with E-state index in [1.165, 1.54) is 0 Å². The highest BCUT2D eigenvalue weighted by Gasteiger charge is 2.26. The van der Waals surface area contributed by atoms with Crippen LogP contribution in [-0.4, -0.2) is 24.2 Å². The molecule has 0 N–H and O–H groups in total. The molecule has 1 unspecified atom stereocenters. The molecule has 5 nitrogen and oxygen atoms in total.